The number of amides is 2. The van der Waals surface area contributed by atoms with E-state index in [0.29, 0.717) is 12.1 Å². The number of hydrogen-bond donors (Lipinski definition) is 1. The highest BCUT2D eigenvalue weighted by Crippen LogP contribution is 2.34. The van der Waals surface area contributed by atoms with Crippen LogP contribution in [0.4, 0.5) is 5.69 Å². The van der Waals surface area contributed by atoms with E-state index in [4.69, 9.17) is 4.74 Å². The molecule has 1 aromatic carbocycles. The van der Waals surface area contributed by atoms with Crippen molar-refractivity contribution in [1.82, 2.24) is 15.1 Å². The van der Waals surface area contributed by atoms with Crippen molar-refractivity contribution in [3.8, 4) is 0 Å². The molecule has 3 heterocycles. The number of anilines is 1. The summed E-state index contributed by atoms with van der Waals surface area (Å²) in [6, 6.07) is 6.44. The third kappa shape index (κ3) is 5.23. The molecule has 0 bridgehead atoms. The molecule has 0 saturated carbocycles. The number of likely N-dealkylation sites (tertiary alicyclic amines) is 1. The largest absolute Gasteiger partial charge is 0.369 e. The number of benzene rings is 1. The molecule has 192 valence electrons. The molecule has 35 heavy (non-hydrogen) atoms. The lowest BCUT2D eigenvalue weighted by molar-refractivity contribution is -0.139. The highest BCUT2D eigenvalue weighted by atomic mass is 16.5. The minimum atomic E-state index is -0.682. The lowest BCUT2D eigenvalue weighted by Crippen LogP contribution is -2.54. The van der Waals surface area contributed by atoms with Crippen molar-refractivity contribution in [3.63, 3.8) is 0 Å². The average Bonchev–Trinajstić information content (AvgIpc) is 3.46. The van der Waals surface area contributed by atoms with E-state index in [1.807, 2.05) is 38.1 Å². The topological polar surface area (TPSA) is 82.2 Å². The normalized spacial score (nSPS) is 26.5. The van der Waals surface area contributed by atoms with Crippen LogP contribution in [-0.2, 0) is 14.3 Å². The molecule has 5 atom stereocenters. The number of piperazine rings is 1. The number of carbonyl (C=O) groups excluding carboxylic acids is 3. The predicted molar refractivity (Wildman–Crippen MR) is 136 cm³/mol. The molecule has 0 radical (unpaired) electrons. The zero-order chi connectivity index (χ0) is 25.1. The number of fused-ring (bicyclic) bond motifs is 1. The van der Waals surface area contributed by atoms with Crippen LogP contribution in [0.1, 0.15) is 50.9 Å². The summed E-state index contributed by atoms with van der Waals surface area (Å²) in [6.07, 6.45) is 1.36. The van der Waals surface area contributed by atoms with E-state index >= 15 is 0 Å². The maximum absolute atomic E-state index is 13.7. The summed E-state index contributed by atoms with van der Waals surface area (Å²) < 4.78 is 5.73. The van der Waals surface area contributed by atoms with Crippen molar-refractivity contribution < 1.29 is 19.1 Å². The van der Waals surface area contributed by atoms with E-state index in [0.717, 1.165) is 51.3 Å². The Morgan fingerprint density at radius 3 is 2.37 bits per heavy atom. The van der Waals surface area contributed by atoms with E-state index in [1.165, 1.54) is 0 Å². The zero-order valence-corrected chi connectivity index (χ0v) is 21.5. The Hall–Kier alpha value is -2.45. The zero-order valence-electron chi connectivity index (χ0n) is 21.5. The van der Waals surface area contributed by atoms with Crippen molar-refractivity contribution >= 4 is 23.3 Å². The minimum absolute atomic E-state index is 0.0381. The first-order valence-corrected chi connectivity index (χ1v) is 13.2. The summed E-state index contributed by atoms with van der Waals surface area (Å²) >= 11 is 0. The van der Waals surface area contributed by atoms with Crippen molar-refractivity contribution in [2.24, 2.45) is 11.8 Å². The van der Waals surface area contributed by atoms with E-state index in [-0.39, 0.29) is 42.1 Å². The van der Waals surface area contributed by atoms with Gasteiger partial charge in [0.25, 0.3) is 5.91 Å². The van der Waals surface area contributed by atoms with Crippen molar-refractivity contribution in [2.75, 3.05) is 50.8 Å². The number of ketones is 1. The SMILES string of the molecule is CC[C@@H]1CN(C(=O)[C@@H](NC(=O)c2ccc(N3CCN(CC)CC3)cc2)[C@@H](C)CC)[C@@H]2C(=O)CO[C@H]12. The molecule has 1 aromatic rings. The van der Waals surface area contributed by atoms with Gasteiger partial charge in [-0.3, -0.25) is 14.4 Å². The number of ether oxygens (including phenoxy) is 1. The highest BCUT2D eigenvalue weighted by molar-refractivity contribution is 5.99. The number of nitrogens with zero attached hydrogens (tertiary/aromatic N) is 3. The van der Waals surface area contributed by atoms with Crippen molar-refractivity contribution in [2.45, 2.75) is 58.7 Å². The van der Waals surface area contributed by atoms with Gasteiger partial charge in [0, 0.05) is 49.9 Å². The summed E-state index contributed by atoms with van der Waals surface area (Å²) in [5.74, 6) is -0.387. The summed E-state index contributed by atoms with van der Waals surface area (Å²) in [5.41, 5.74) is 1.65. The Morgan fingerprint density at radius 2 is 1.77 bits per heavy atom. The number of hydrogen-bond acceptors (Lipinski definition) is 6. The first kappa shape index (κ1) is 25.6. The van der Waals surface area contributed by atoms with Crippen LogP contribution in [0.3, 0.4) is 0 Å². The molecule has 3 fully saturated rings. The van der Waals surface area contributed by atoms with Gasteiger partial charge in [0.15, 0.2) is 5.78 Å². The van der Waals surface area contributed by atoms with Gasteiger partial charge in [0.05, 0.1) is 6.10 Å². The average molecular weight is 485 g/mol. The second kappa shape index (κ2) is 11.1. The molecule has 0 aliphatic carbocycles. The smallest absolute Gasteiger partial charge is 0.251 e. The fourth-order valence-electron chi connectivity index (χ4n) is 5.57. The van der Waals surface area contributed by atoms with E-state index in [2.05, 4.69) is 29.0 Å². The van der Waals surface area contributed by atoms with Crippen molar-refractivity contribution in [3.05, 3.63) is 29.8 Å². The van der Waals surface area contributed by atoms with Crippen LogP contribution in [0.5, 0.6) is 0 Å². The Balaban J connectivity index is 1.44. The molecular weight excluding hydrogens is 444 g/mol. The van der Waals surface area contributed by atoms with Crippen LogP contribution in [-0.4, -0.2) is 91.5 Å². The Kier molecular flexibility index (Phi) is 8.12. The van der Waals surface area contributed by atoms with Crippen LogP contribution in [0.25, 0.3) is 0 Å². The maximum atomic E-state index is 13.7. The molecule has 8 heteroatoms. The summed E-state index contributed by atoms with van der Waals surface area (Å²) in [4.78, 5) is 45.8. The van der Waals surface area contributed by atoms with Gasteiger partial charge in [-0.05, 0) is 43.1 Å². The summed E-state index contributed by atoms with van der Waals surface area (Å²) in [5, 5.41) is 3.00. The van der Waals surface area contributed by atoms with Crippen LogP contribution < -0.4 is 10.2 Å². The molecule has 8 nitrogen and oxygen atoms in total. The molecule has 1 N–H and O–H groups in total. The van der Waals surface area contributed by atoms with E-state index < -0.39 is 12.1 Å². The van der Waals surface area contributed by atoms with Crippen LogP contribution in [0.2, 0.25) is 0 Å². The number of Topliss-reactive ketones (excluding diaryl/α,β-unsaturated/α-hetero) is 1. The van der Waals surface area contributed by atoms with Gasteiger partial charge in [0.2, 0.25) is 5.91 Å². The Bertz CT molecular complexity index is 912. The molecule has 3 saturated heterocycles. The third-order valence-electron chi connectivity index (χ3n) is 8.18. The van der Waals surface area contributed by atoms with Crippen LogP contribution in [0, 0.1) is 11.8 Å². The van der Waals surface area contributed by atoms with Gasteiger partial charge < -0.3 is 24.8 Å². The van der Waals surface area contributed by atoms with Gasteiger partial charge in [-0.2, -0.15) is 0 Å². The number of rotatable bonds is 8. The standard InChI is InChI=1S/C27H40N4O4/c1-5-18(4)23(27(34)31-16-19(6-2)25-24(31)22(32)17-35-25)28-26(33)20-8-10-21(11-9-20)30-14-12-29(7-3)13-15-30/h8-11,18-19,23-25H,5-7,12-17H2,1-4H3,(H,28,33)/t18-,19+,23-,24+,25+/m0/s1. The summed E-state index contributed by atoms with van der Waals surface area (Å²) in [7, 11) is 0. The molecule has 2 amide bonds. The fraction of sp³-hybridized carbons (Fsp3) is 0.667. The second-order valence-electron chi connectivity index (χ2n) is 10.2. The lowest BCUT2D eigenvalue weighted by Gasteiger charge is -2.35. The maximum Gasteiger partial charge on any atom is 0.251 e. The first-order valence-electron chi connectivity index (χ1n) is 13.2. The predicted octanol–water partition coefficient (Wildman–Crippen LogP) is 2.18. The minimum Gasteiger partial charge on any atom is -0.369 e. The van der Waals surface area contributed by atoms with Gasteiger partial charge in [-0.1, -0.05) is 34.1 Å². The van der Waals surface area contributed by atoms with Crippen LogP contribution in [0.15, 0.2) is 24.3 Å². The number of nitrogens with one attached hydrogen (secondary N) is 1. The number of likely N-dealkylation sites (N-methyl/N-ethyl adjacent to an activating group) is 1. The molecule has 0 spiro atoms. The van der Waals surface area contributed by atoms with E-state index in [1.54, 1.807) is 4.90 Å². The van der Waals surface area contributed by atoms with Gasteiger partial charge in [0.1, 0.15) is 18.7 Å². The Morgan fingerprint density at radius 1 is 1.09 bits per heavy atom. The molecule has 0 aromatic heterocycles. The Labute approximate surface area is 209 Å². The second-order valence-corrected chi connectivity index (χ2v) is 10.2. The summed E-state index contributed by atoms with van der Waals surface area (Å²) in [6.45, 7) is 13.9. The number of carbonyl (C=O) groups is 3. The molecule has 0 unspecified atom stereocenters. The molecule has 3 aliphatic heterocycles. The van der Waals surface area contributed by atoms with Crippen LogP contribution >= 0.6 is 0 Å². The monoisotopic (exact) mass is 484 g/mol. The highest BCUT2D eigenvalue weighted by Gasteiger charge is 2.52. The molecular formula is C27H40N4O4. The van der Waals surface area contributed by atoms with Crippen molar-refractivity contribution in [1.29, 1.82) is 0 Å². The van der Waals surface area contributed by atoms with E-state index in [9.17, 15) is 14.4 Å². The molecule has 4 rings (SSSR count). The quantitative estimate of drug-likeness (QED) is 0.609. The van der Waals surface area contributed by atoms with Gasteiger partial charge in [-0.25, -0.2) is 0 Å². The fourth-order valence-corrected chi connectivity index (χ4v) is 5.57. The lowest BCUT2D eigenvalue weighted by atomic mass is 9.96. The molecule has 3 aliphatic rings. The van der Waals surface area contributed by atoms with Gasteiger partial charge in [-0.15, -0.1) is 0 Å². The van der Waals surface area contributed by atoms with Gasteiger partial charge >= 0.3 is 0 Å². The first-order chi connectivity index (χ1) is 16.9. The third-order valence-corrected chi connectivity index (χ3v) is 8.18.